The van der Waals surface area contributed by atoms with Crippen LogP contribution < -0.4 is 10.5 Å². The first-order valence-corrected chi connectivity index (χ1v) is 8.25. The maximum atomic E-state index is 12.4. The lowest BCUT2D eigenvalue weighted by molar-refractivity contribution is 0.561. The maximum absolute atomic E-state index is 12.4. The number of rotatable bonds is 6. The number of nitrogens with zero attached hydrogens (tertiary/aromatic N) is 2. The summed E-state index contributed by atoms with van der Waals surface area (Å²) < 4.78 is 29.4. The highest BCUT2D eigenvalue weighted by Gasteiger charge is 2.22. The average Bonchev–Trinajstić information content (AvgIpc) is 3.07. The van der Waals surface area contributed by atoms with E-state index in [9.17, 15) is 8.42 Å². The summed E-state index contributed by atoms with van der Waals surface area (Å²) in [5.41, 5.74) is 7.25. The summed E-state index contributed by atoms with van der Waals surface area (Å²) in [6, 6.07) is 1.40. The number of nitrogens with two attached hydrogens (primary N) is 1. The number of nitrogens with one attached hydrogen (secondary N) is 2. The lowest BCUT2D eigenvalue weighted by Gasteiger charge is -2.12. The molecule has 0 aliphatic rings. The first-order chi connectivity index (χ1) is 9.85. The Morgan fingerprint density at radius 1 is 1.43 bits per heavy atom. The van der Waals surface area contributed by atoms with Gasteiger partial charge in [-0.25, -0.2) is 13.1 Å². The molecular weight excluding hydrogens is 290 g/mol. The van der Waals surface area contributed by atoms with Gasteiger partial charge < -0.3 is 10.3 Å². The Morgan fingerprint density at radius 2 is 2.14 bits per heavy atom. The predicted octanol–water partition coefficient (Wildman–Crippen LogP) is 1.29. The van der Waals surface area contributed by atoms with Crippen molar-refractivity contribution in [3.63, 3.8) is 0 Å². The van der Waals surface area contributed by atoms with Crippen molar-refractivity contribution in [1.29, 1.82) is 0 Å². The van der Waals surface area contributed by atoms with Crippen LogP contribution in [0.25, 0.3) is 0 Å². The van der Waals surface area contributed by atoms with Crippen LogP contribution in [0, 0.1) is 0 Å². The van der Waals surface area contributed by atoms with Crippen LogP contribution in [-0.2, 0) is 16.6 Å². The van der Waals surface area contributed by atoms with Gasteiger partial charge in [0.15, 0.2) is 0 Å². The minimum absolute atomic E-state index is 0.152. The fraction of sp³-hybridized carbons (Fsp3) is 0.462. The molecule has 0 aliphatic carbocycles. The van der Waals surface area contributed by atoms with Crippen molar-refractivity contribution >= 4 is 10.0 Å². The van der Waals surface area contributed by atoms with Gasteiger partial charge in [0.25, 0.3) is 0 Å². The van der Waals surface area contributed by atoms with Gasteiger partial charge in [0.2, 0.25) is 10.0 Å². The van der Waals surface area contributed by atoms with Gasteiger partial charge in [0, 0.05) is 42.3 Å². The van der Waals surface area contributed by atoms with Gasteiger partial charge in [-0.15, -0.1) is 0 Å². The molecule has 0 fully saturated rings. The molecule has 0 saturated carbocycles. The first kappa shape index (κ1) is 15.7. The number of aromatic amines is 1. The minimum atomic E-state index is -3.60. The van der Waals surface area contributed by atoms with Gasteiger partial charge in [-0.1, -0.05) is 0 Å². The molecule has 4 N–H and O–H groups in total. The van der Waals surface area contributed by atoms with Crippen LogP contribution in [0.4, 0.5) is 0 Å². The molecule has 1 atom stereocenters. The number of hydrogen-bond donors (Lipinski definition) is 3. The highest BCUT2D eigenvalue weighted by Crippen LogP contribution is 2.21. The summed E-state index contributed by atoms with van der Waals surface area (Å²) in [5, 5.41) is 6.49. The van der Waals surface area contributed by atoms with Crippen molar-refractivity contribution in [2.24, 2.45) is 5.73 Å². The molecule has 2 aromatic heterocycles. The minimum Gasteiger partial charge on any atom is -0.346 e. The summed E-state index contributed by atoms with van der Waals surface area (Å²) >= 11 is 0. The lowest BCUT2D eigenvalue weighted by atomic mass is 10.2. The lowest BCUT2D eigenvalue weighted by Crippen LogP contribution is -2.26. The average molecular weight is 311 g/mol. The molecule has 8 heteroatoms. The zero-order chi connectivity index (χ0) is 15.6. The molecule has 2 heterocycles. The first-order valence-electron chi connectivity index (χ1n) is 6.77. The van der Waals surface area contributed by atoms with Crippen molar-refractivity contribution in [1.82, 2.24) is 19.5 Å². The zero-order valence-corrected chi connectivity index (χ0v) is 13.2. The molecule has 0 bridgehead atoms. The fourth-order valence-electron chi connectivity index (χ4n) is 2.15. The number of H-pyrrole nitrogens is 1. The second-order valence-corrected chi connectivity index (χ2v) is 6.96. The normalized spacial score (nSPS) is 13.8. The van der Waals surface area contributed by atoms with Crippen molar-refractivity contribution in [3.8, 4) is 0 Å². The molecule has 1 unspecified atom stereocenters. The van der Waals surface area contributed by atoms with Gasteiger partial charge in [0.05, 0.1) is 11.1 Å². The third kappa shape index (κ3) is 3.34. The van der Waals surface area contributed by atoms with E-state index in [-0.39, 0.29) is 17.0 Å². The zero-order valence-electron chi connectivity index (χ0n) is 12.4. The standard InChI is InChI=1S/C13H21N5O2S/c1-9(2)18-8-13(4-12(18)5-14)21(19,20)17-10(3)11-6-15-16-7-11/h4,6-10,17H,5,14H2,1-3H3,(H,15,16). The molecule has 0 radical (unpaired) electrons. The quantitative estimate of drug-likeness (QED) is 0.747. The maximum Gasteiger partial charge on any atom is 0.242 e. The molecule has 0 saturated heterocycles. The molecule has 0 spiro atoms. The second kappa shape index (κ2) is 6.00. The summed E-state index contributed by atoms with van der Waals surface area (Å²) in [6.07, 6.45) is 4.88. The van der Waals surface area contributed by atoms with Gasteiger partial charge in [-0.2, -0.15) is 5.10 Å². The van der Waals surface area contributed by atoms with Crippen LogP contribution in [-0.4, -0.2) is 23.2 Å². The molecule has 116 valence electrons. The molecule has 2 aromatic rings. The van der Waals surface area contributed by atoms with E-state index in [2.05, 4.69) is 14.9 Å². The van der Waals surface area contributed by atoms with Gasteiger partial charge in [-0.3, -0.25) is 5.10 Å². The predicted molar refractivity (Wildman–Crippen MR) is 80.0 cm³/mol. The second-order valence-electron chi connectivity index (χ2n) is 5.25. The van der Waals surface area contributed by atoms with Crippen LogP contribution in [0.5, 0.6) is 0 Å². The molecule has 0 amide bonds. The summed E-state index contributed by atoms with van der Waals surface area (Å²) in [5.74, 6) is 0. The molecule has 7 nitrogen and oxygen atoms in total. The van der Waals surface area contributed by atoms with Gasteiger partial charge in [0.1, 0.15) is 0 Å². The summed E-state index contributed by atoms with van der Waals surface area (Å²) in [4.78, 5) is 0.229. The molecule has 2 rings (SSSR count). The third-order valence-corrected chi connectivity index (χ3v) is 4.84. The van der Waals surface area contributed by atoms with Gasteiger partial charge in [-0.05, 0) is 26.8 Å². The van der Waals surface area contributed by atoms with E-state index in [1.165, 1.54) is 0 Å². The largest absolute Gasteiger partial charge is 0.346 e. The van der Waals surface area contributed by atoms with Crippen molar-refractivity contribution in [2.45, 2.75) is 44.3 Å². The molecule has 0 aliphatic heterocycles. The summed E-state index contributed by atoms with van der Waals surface area (Å²) in [6.45, 7) is 6.03. The van der Waals surface area contributed by atoms with Crippen molar-refractivity contribution in [2.75, 3.05) is 0 Å². The van der Waals surface area contributed by atoms with Crippen molar-refractivity contribution < 1.29 is 8.42 Å². The molecule has 0 aromatic carbocycles. The van der Waals surface area contributed by atoms with E-state index < -0.39 is 10.0 Å². The monoisotopic (exact) mass is 311 g/mol. The topological polar surface area (TPSA) is 106 Å². The highest BCUT2D eigenvalue weighted by molar-refractivity contribution is 7.89. The Kier molecular flexibility index (Phi) is 4.50. The van der Waals surface area contributed by atoms with Crippen LogP contribution in [0.1, 0.15) is 44.1 Å². The Morgan fingerprint density at radius 3 is 2.62 bits per heavy atom. The van der Waals surface area contributed by atoms with Crippen LogP contribution in [0.3, 0.4) is 0 Å². The Balaban J connectivity index is 2.27. The Bertz CT molecular complexity index is 688. The SMILES string of the molecule is CC(NS(=O)(=O)c1cc(CN)n(C(C)C)c1)c1cn[nH]c1. The van der Waals surface area contributed by atoms with Crippen molar-refractivity contribution in [3.05, 3.63) is 35.9 Å². The van der Waals surface area contributed by atoms with E-state index >= 15 is 0 Å². The number of sulfonamides is 1. The van der Waals surface area contributed by atoms with E-state index in [0.29, 0.717) is 6.54 Å². The number of aromatic nitrogens is 3. The van der Waals surface area contributed by atoms with Crippen LogP contribution >= 0.6 is 0 Å². The highest BCUT2D eigenvalue weighted by atomic mass is 32.2. The smallest absolute Gasteiger partial charge is 0.242 e. The Labute approximate surface area is 124 Å². The van der Waals surface area contributed by atoms with E-state index in [1.54, 1.807) is 31.6 Å². The Hall–Kier alpha value is -1.64. The van der Waals surface area contributed by atoms with Crippen LogP contribution in [0.15, 0.2) is 29.6 Å². The summed E-state index contributed by atoms with van der Waals surface area (Å²) in [7, 11) is -3.60. The molecule has 21 heavy (non-hydrogen) atoms. The van der Waals surface area contributed by atoms with E-state index in [1.807, 2.05) is 18.4 Å². The van der Waals surface area contributed by atoms with Crippen LogP contribution in [0.2, 0.25) is 0 Å². The van der Waals surface area contributed by atoms with E-state index in [4.69, 9.17) is 5.73 Å². The van der Waals surface area contributed by atoms with E-state index in [0.717, 1.165) is 11.3 Å². The number of hydrogen-bond acceptors (Lipinski definition) is 4. The third-order valence-electron chi connectivity index (χ3n) is 3.33. The fourth-order valence-corrected chi connectivity index (χ4v) is 3.44. The molecular formula is C13H21N5O2S. The van der Waals surface area contributed by atoms with Gasteiger partial charge >= 0.3 is 0 Å².